The van der Waals surface area contributed by atoms with Crippen LogP contribution in [0.25, 0.3) is 0 Å². The molecule has 0 saturated carbocycles. The third-order valence-corrected chi connectivity index (χ3v) is 3.79. The van der Waals surface area contributed by atoms with Crippen LogP contribution in [0.3, 0.4) is 0 Å². The van der Waals surface area contributed by atoms with Crippen molar-refractivity contribution in [3.63, 3.8) is 0 Å². The van der Waals surface area contributed by atoms with Crippen LogP contribution in [0.1, 0.15) is 43.7 Å². The summed E-state index contributed by atoms with van der Waals surface area (Å²) in [5, 5.41) is 0. The van der Waals surface area contributed by atoms with Crippen LogP contribution in [-0.2, 0) is 13.0 Å². The number of hydrogen-bond acceptors (Lipinski definition) is 1. The summed E-state index contributed by atoms with van der Waals surface area (Å²) in [5.74, 6) is 1.11. The molecule has 20 heavy (non-hydrogen) atoms. The number of quaternary nitrogens is 1. The van der Waals surface area contributed by atoms with Gasteiger partial charge in [-0.05, 0) is 30.9 Å². The molecule has 2 rings (SSSR count). The van der Waals surface area contributed by atoms with Crippen LogP contribution in [0.2, 0.25) is 0 Å². The molecule has 0 saturated heterocycles. The molecule has 3 heteroatoms. The third-order valence-electron chi connectivity index (χ3n) is 3.79. The Hall–Kier alpha value is -0.800. The Labute approximate surface area is 133 Å². The molecule has 0 aromatic heterocycles. The number of hydrogen-bond donors (Lipinski definition) is 1. The summed E-state index contributed by atoms with van der Waals surface area (Å²) in [6.45, 7) is 9.22. The number of unbranched alkanes of at least 4 members (excludes halogenated alkanes) is 3. The van der Waals surface area contributed by atoms with Gasteiger partial charge >= 0.3 is 0 Å². The number of nitrogens with one attached hydrogen (secondary N) is 1. The van der Waals surface area contributed by atoms with Crippen molar-refractivity contribution in [2.45, 2.75) is 45.6 Å². The Bertz CT molecular complexity index is 419. The topological polar surface area (TPSA) is 13.7 Å². The van der Waals surface area contributed by atoms with E-state index in [0.29, 0.717) is 0 Å². The van der Waals surface area contributed by atoms with Gasteiger partial charge < -0.3 is 21.7 Å². The second kappa shape index (κ2) is 9.19. The van der Waals surface area contributed by atoms with Crippen LogP contribution in [0.5, 0.6) is 5.75 Å². The average molecular weight is 340 g/mol. The number of rotatable bonds is 7. The summed E-state index contributed by atoms with van der Waals surface area (Å²) in [7, 11) is 0. The van der Waals surface area contributed by atoms with Gasteiger partial charge in [-0.25, -0.2) is 0 Å². The Morgan fingerprint density at radius 3 is 2.90 bits per heavy atom. The van der Waals surface area contributed by atoms with E-state index in [2.05, 4.69) is 31.7 Å². The van der Waals surface area contributed by atoms with E-state index in [0.717, 1.165) is 25.4 Å². The molecule has 0 amide bonds. The van der Waals surface area contributed by atoms with Crippen molar-refractivity contribution >= 4 is 0 Å². The molecule has 0 fully saturated rings. The lowest BCUT2D eigenvalue weighted by Crippen LogP contribution is -3.12. The van der Waals surface area contributed by atoms with E-state index in [1.807, 2.05) is 6.08 Å². The molecule has 0 aliphatic carbocycles. The van der Waals surface area contributed by atoms with Crippen LogP contribution in [0.4, 0.5) is 0 Å². The number of halogens is 1. The van der Waals surface area contributed by atoms with Gasteiger partial charge in [-0.2, -0.15) is 0 Å². The normalized spacial score (nSPS) is 16.8. The SMILES string of the molecule is C=CCc1cccc2c1OC[NH+](CCCCCC)C2.[Br-]. The van der Waals surface area contributed by atoms with Gasteiger partial charge in [-0.1, -0.05) is 38.0 Å². The van der Waals surface area contributed by atoms with Crippen molar-refractivity contribution in [1.29, 1.82) is 0 Å². The summed E-state index contributed by atoms with van der Waals surface area (Å²) in [4.78, 5) is 1.55. The number of benzene rings is 1. The first-order valence-corrected chi connectivity index (χ1v) is 7.53. The second-order valence-corrected chi connectivity index (χ2v) is 5.42. The van der Waals surface area contributed by atoms with E-state index in [-0.39, 0.29) is 17.0 Å². The first-order chi connectivity index (χ1) is 9.35. The molecular formula is C17H26BrNO. The van der Waals surface area contributed by atoms with Gasteiger partial charge in [-0.3, -0.25) is 4.90 Å². The molecule has 112 valence electrons. The number of fused-ring (bicyclic) bond motifs is 1. The molecule has 1 aromatic carbocycles. The Balaban J connectivity index is 0.00000200. The van der Waals surface area contributed by atoms with Crippen molar-refractivity contribution in [3.05, 3.63) is 42.0 Å². The highest BCUT2D eigenvalue weighted by Crippen LogP contribution is 2.25. The maximum atomic E-state index is 5.99. The lowest BCUT2D eigenvalue weighted by atomic mass is 10.0. The lowest BCUT2D eigenvalue weighted by Gasteiger charge is -2.27. The smallest absolute Gasteiger partial charge is 0.222 e. The third kappa shape index (κ3) is 4.64. The molecule has 1 N–H and O–H groups in total. The maximum absolute atomic E-state index is 5.99. The minimum atomic E-state index is 0. The average Bonchev–Trinajstić information content (AvgIpc) is 2.44. The summed E-state index contributed by atoms with van der Waals surface area (Å²) in [6, 6.07) is 6.49. The molecule has 2 nitrogen and oxygen atoms in total. The van der Waals surface area contributed by atoms with Gasteiger partial charge in [0.2, 0.25) is 6.73 Å². The van der Waals surface area contributed by atoms with Crippen LogP contribution < -0.4 is 26.6 Å². The molecule has 1 aliphatic rings. The first-order valence-electron chi connectivity index (χ1n) is 7.53. The van der Waals surface area contributed by atoms with Crippen molar-refractivity contribution < 1.29 is 26.6 Å². The summed E-state index contributed by atoms with van der Waals surface area (Å²) < 4.78 is 5.99. The molecule has 1 aliphatic heterocycles. The largest absolute Gasteiger partial charge is 1.00 e. The number of ether oxygens (including phenoxy) is 1. The zero-order chi connectivity index (χ0) is 13.5. The molecule has 1 heterocycles. The summed E-state index contributed by atoms with van der Waals surface area (Å²) >= 11 is 0. The van der Waals surface area contributed by atoms with Gasteiger partial charge in [0.1, 0.15) is 12.3 Å². The molecule has 0 spiro atoms. The van der Waals surface area contributed by atoms with Crippen LogP contribution in [-0.4, -0.2) is 13.3 Å². The van der Waals surface area contributed by atoms with E-state index in [9.17, 15) is 0 Å². The molecule has 0 radical (unpaired) electrons. The van der Waals surface area contributed by atoms with Crippen molar-refractivity contribution in [2.75, 3.05) is 13.3 Å². The van der Waals surface area contributed by atoms with Crippen LogP contribution >= 0.6 is 0 Å². The van der Waals surface area contributed by atoms with Gasteiger partial charge in [0.15, 0.2) is 0 Å². The highest BCUT2D eigenvalue weighted by molar-refractivity contribution is 5.42. The Kier molecular flexibility index (Phi) is 7.93. The van der Waals surface area contributed by atoms with E-state index < -0.39 is 0 Å². The predicted octanol–water partition coefficient (Wildman–Crippen LogP) is -0.266. The standard InChI is InChI=1S/C17H25NO.BrH/c1-3-5-6-7-12-18-13-16-11-8-10-15(9-4-2)17(16)19-14-18;/h4,8,10-11H,2-3,5-7,9,12-14H2,1H3;1H. The zero-order valence-corrected chi connectivity index (χ0v) is 14.0. The molecule has 1 atom stereocenters. The highest BCUT2D eigenvalue weighted by Gasteiger charge is 2.21. The minimum absolute atomic E-state index is 0. The summed E-state index contributed by atoms with van der Waals surface area (Å²) in [6.07, 6.45) is 8.17. The molecular weight excluding hydrogens is 314 g/mol. The number of para-hydroxylation sites is 1. The first kappa shape index (κ1) is 17.3. The zero-order valence-electron chi connectivity index (χ0n) is 12.5. The van der Waals surface area contributed by atoms with Gasteiger partial charge in [0.25, 0.3) is 0 Å². The molecule has 1 aromatic rings. The van der Waals surface area contributed by atoms with E-state index in [1.165, 1.54) is 43.4 Å². The molecule has 0 bridgehead atoms. The minimum Gasteiger partial charge on any atom is -1.00 e. The van der Waals surface area contributed by atoms with Crippen molar-refractivity contribution in [1.82, 2.24) is 0 Å². The van der Waals surface area contributed by atoms with Gasteiger partial charge in [0, 0.05) is 5.56 Å². The van der Waals surface area contributed by atoms with Gasteiger partial charge in [0.05, 0.1) is 6.54 Å². The lowest BCUT2D eigenvalue weighted by molar-refractivity contribution is -0.932. The van der Waals surface area contributed by atoms with Crippen LogP contribution in [0, 0.1) is 0 Å². The monoisotopic (exact) mass is 339 g/mol. The fourth-order valence-electron chi connectivity index (χ4n) is 2.74. The van der Waals surface area contributed by atoms with E-state index >= 15 is 0 Å². The van der Waals surface area contributed by atoms with E-state index in [4.69, 9.17) is 4.74 Å². The summed E-state index contributed by atoms with van der Waals surface area (Å²) in [5.41, 5.74) is 2.63. The highest BCUT2D eigenvalue weighted by atomic mass is 79.9. The predicted molar refractivity (Wildman–Crippen MR) is 79.5 cm³/mol. The van der Waals surface area contributed by atoms with Gasteiger partial charge in [-0.15, -0.1) is 6.58 Å². The Morgan fingerprint density at radius 1 is 1.30 bits per heavy atom. The maximum Gasteiger partial charge on any atom is 0.222 e. The van der Waals surface area contributed by atoms with Crippen LogP contribution in [0.15, 0.2) is 30.9 Å². The van der Waals surface area contributed by atoms with Crippen molar-refractivity contribution in [3.8, 4) is 5.75 Å². The Morgan fingerprint density at radius 2 is 2.15 bits per heavy atom. The fraction of sp³-hybridized carbons (Fsp3) is 0.529. The quantitative estimate of drug-likeness (QED) is 0.533. The van der Waals surface area contributed by atoms with Crippen molar-refractivity contribution in [2.24, 2.45) is 0 Å². The molecule has 1 unspecified atom stereocenters. The fourth-order valence-corrected chi connectivity index (χ4v) is 2.74. The van der Waals surface area contributed by atoms with E-state index in [1.54, 1.807) is 4.90 Å². The number of allylic oxidation sites excluding steroid dienone is 1. The second-order valence-electron chi connectivity index (χ2n) is 5.42.